The Labute approximate surface area is 125 Å². The Hall–Kier alpha value is -1.53. The molecule has 0 aliphatic rings. The number of hydrogen-bond donors (Lipinski definition) is 1. The summed E-state index contributed by atoms with van der Waals surface area (Å²) in [5.74, 6) is 2.02. The highest BCUT2D eigenvalue weighted by molar-refractivity contribution is 9.10. The summed E-state index contributed by atoms with van der Waals surface area (Å²) in [6.45, 7) is 0.135. The summed E-state index contributed by atoms with van der Waals surface area (Å²) in [7, 11) is 3.18. The van der Waals surface area contributed by atoms with Gasteiger partial charge in [-0.05, 0) is 34.5 Å². The third kappa shape index (κ3) is 3.13. The topological polar surface area (TPSA) is 64.7 Å². The quantitative estimate of drug-likeness (QED) is 0.874. The van der Waals surface area contributed by atoms with Crippen LogP contribution in [0.25, 0.3) is 11.3 Å². The molecule has 6 heteroatoms. The molecule has 0 saturated carbocycles. The molecule has 2 aromatic rings. The number of aliphatic hydroxyl groups is 1. The van der Waals surface area contributed by atoms with E-state index in [4.69, 9.17) is 19.1 Å². The van der Waals surface area contributed by atoms with Crippen LogP contribution >= 0.6 is 15.9 Å². The van der Waals surface area contributed by atoms with Crippen molar-refractivity contribution in [1.29, 1.82) is 0 Å². The number of benzene rings is 1. The van der Waals surface area contributed by atoms with Crippen molar-refractivity contribution in [3.05, 3.63) is 28.4 Å². The molecule has 0 unspecified atom stereocenters. The second-order valence-corrected chi connectivity index (χ2v) is 5.05. The maximum atomic E-state index is 8.82. The number of aryl methyl sites for hydroxylation is 1. The van der Waals surface area contributed by atoms with Crippen LogP contribution in [0.3, 0.4) is 0 Å². The fourth-order valence-corrected chi connectivity index (χ4v) is 2.39. The van der Waals surface area contributed by atoms with Crippen molar-refractivity contribution in [2.45, 2.75) is 12.8 Å². The molecule has 5 nitrogen and oxygen atoms in total. The second kappa shape index (κ2) is 6.76. The first kappa shape index (κ1) is 14.9. The molecular weight excluding hydrogens is 326 g/mol. The lowest BCUT2D eigenvalue weighted by Crippen LogP contribution is -1.92. The van der Waals surface area contributed by atoms with Gasteiger partial charge in [0.2, 0.25) is 0 Å². The van der Waals surface area contributed by atoms with Gasteiger partial charge in [-0.15, -0.1) is 0 Å². The molecule has 1 heterocycles. The van der Waals surface area contributed by atoms with Gasteiger partial charge in [0.25, 0.3) is 0 Å². The summed E-state index contributed by atoms with van der Waals surface area (Å²) in [5.41, 5.74) is 1.58. The standard InChI is InChI=1S/C14H16BrNO4/c1-18-13-7-10(11(15)8-14(13)19-2)12-6-9(20-16-12)4-3-5-17/h6-8,17H,3-5H2,1-2H3. The van der Waals surface area contributed by atoms with E-state index in [-0.39, 0.29) is 6.61 Å². The van der Waals surface area contributed by atoms with E-state index in [1.165, 1.54) is 0 Å². The van der Waals surface area contributed by atoms with E-state index in [1.807, 2.05) is 18.2 Å². The van der Waals surface area contributed by atoms with Crippen LogP contribution < -0.4 is 9.47 Å². The van der Waals surface area contributed by atoms with Crippen molar-refractivity contribution in [2.24, 2.45) is 0 Å². The van der Waals surface area contributed by atoms with E-state index in [2.05, 4.69) is 21.1 Å². The van der Waals surface area contributed by atoms with E-state index >= 15 is 0 Å². The highest BCUT2D eigenvalue weighted by Gasteiger charge is 2.14. The van der Waals surface area contributed by atoms with Crippen LogP contribution in [0.4, 0.5) is 0 Å². The molecule has 0 fully saturated rings. The zero-order valence-corrected chi connectivity index (χ0v) is 12.9. The molecule has 0 bridgehead atoms. The number of nitrogens with zero attached hydrogens (tertiary/aromatic N) is 1. The fourth-order valence-electron chi connectivity index (χ4n) is 1.86. The number of methoxy groups -OCH3 is 2. The number of rotatable bonds is 6. The molecule has 2 rings (SSSR count). The Morgan fingerprint density at radius 3 is 2.55 bits per heavy atom. The van der Waals surface area contributed by atoms with Crippen molar-refractivity contribution < 1.29 is 19.1 Å². The van der Waals surface area contributed by atoms with E-state index in [0.717, 1.165) is 15.8 Å². The molecule has 1 N–H and O–H groups in total. The van der Waals surface area contributed by atoms with Gasteiger partial charge in [-0.2, -0.15) is 0 Å². The van der Waals surface area contributed by atoms with E-state index < -0.39 is 0 Å². The summed E-state index contributed by atoms with van der Waals surface area (Å²) < 4.78 is 16.6. The molecule has 0 amide bonds. The van der Waals surface area contributed by atoms with Crippen molar-refractivity contribution in [2.75, 3.05) is 20.8 Å². The van der Waals surface area contributed by atoms with Gasteiger partial charge in [-0.25, -0.2) is 0 Å². The average molecular weight is 342 g/mol. The summed E-state index contributed by atoms with van der Waals surface area (Å²) in [4.78, 5) is 0. The van der Waals surface area contributed by atoms with Crippen LogP contribution in [-0.4, -0.2) is 31.1 Å². The average Bonchev–Trinajstić information content (AvgIpc) is 2.93. The minimum atomic E-state index is 0.135. The minimum absolute atomic E-state index is 0.135. The van der Waals surface area contributed by atoms with Gasteiger partial charge in [0, 0.05) is 29.1 Å². The zero-order chi connectivity index (χ0) is 14.5. The number of aromatic nitrogens is 1. The summed E-state index contributed by atoms with van der Waals surface area (Å²) in [5, 5.41) is 12.9. The van der Waals surface area contributed by atoms with Gasteiger partial charge >= 0.3 is 0 Å². The molecule has 108 valence electrons. The molecule has 0 spiro atoms. The maximum Gasteiger partial charge on any atom is 0.161 e. The molecule has 1 aromatic carbocycles. The first-order valence-corrected chi connectivity index (χ1v) is 6.97. The molecule has 0 saturated heterocycles. The molecular formula is C14H16BrNO4. The first-order valence-electron chi connectivity index (χ1n) is 6.18. The monoisotopic (exact) mass is 341 g/mol. The van der Waals surface area contributed by atoms with Gasteiger partial charge in [-0.1, -0.05) is 5.16 Å². The SMILES string of the molecule is COc1cc(Br)c(-c2cc(CCCO)on2)cc1OC. The van der Waals surface area contributed by atoms with Gasteiger partial charge < -0.3 is 19.1 Å². The molecule has 1 aromatic heterocycles. The first-order chi connectivity index (χ1) is 9.69. The Morgan fingerprint density at radius 2 is 1.90 bits per heavy atom. The highest BCUT2D eigenvalue weighted by Crippen LogP contribution is 2.38. The van der Waals surface area contributed by atoms with E-state index in [9.17, 15) is 0 Å². The Morgan fingerprint density at radius 1 is 1.20 bits per heavy atom. The van der Waals surface area contributed by atoms with Crippen LogP contribution in [0, 0.1) is 0 Å². The van der Waals surface area contributed by atoms with Crippen molar-refractivity contribution >= 4 is 15.9 Å². The maximum absolute atomic E-state index is 8.82. The lowest BCUT2D eigenvalue weighted by atomic mass is 10.1. The number of aliphatic hydroxyl groups excluding tert-OH is 1. The summed E-state index contributed by atoms with van der Waals surface area (Å²) in [6.07, 6.45) is 1.32. The van der Waals surface area contributed by atoms with Crippen molar-refractivity contribution in [1.82, 2.24) is 5.16 Å². The predicted molar refractivity (Wildman–Crippen MR) is 78.1 cm³/mol. The lowest BCUT2D eigenvalue weighted by molar-refractivity contribution is 0.280. The normalized spacial score (nSPS) is 10.6. The van der Waals surface area contributed by atoms with Crippen molar-refractivity contribution in [3.63, 3.8) is 0 Å². The van der Waals surface area contributed by atoms with Crippen LogP contribution in [0.1, 0.15) is 12.2 Å². The third-order valence-electron chi connectivity index (χ3n) is 2.89. The van der Waals surface area contributed by atoms with Gasteiger partial charge in [0.05, 0.1) is 14.2 Å². The minimum Gasteiger partial charge on any atom is -0.493 e. The molecule has 20 heavy (non-hydrogen) atoms. The van der Waals surface area contributed by atoms with Gasteiger partial charge in [0.15, 0.2) is 11.5 Å². The second-order valence-electron chi connectivity index (χ2n) is 4.19. The summed E-state index contributed by atoms with van der Waals surface area (Å²) in [6, 6.07) is 5.54. The van der Waals surface area contributed by atoms with Crippen molar-refractivity contribution in [3.8, 4) is 22.8 Å². The Balaban J connectivity index is 2.34. The molecule has 0 aliphatic heterocycles. The fraction of sp³-hybridized carbons (Fsp3) is 0.357. The molecule has 0 aliphatic carbocycles. The van der Waals surface area contributed by atoms with Crippen LogP contribution in [0.15, 0.2) is 27.2 Å². The smallest absolute Gasteiger partial charge is 0.161 e. The largest absolute Gasteiger partial charge is 0.493 e. The highest BCUT2D eigenvalue weighted by atomic mass is 79.9. The van der Waals surface area contributed by atoms with Crippen LogP contribution in [0.5, 0.6) is 11.5 Å². The predicted octanol–water partition coefficient (Wildman–Crippen LogP) is 3.05. The number of hydrogen-bond acceptors (Lipinski definition) is 5. The Bertz CT molecular complexity index is 583. The molecule has 0 atom stereocenters. The van der Waals surface area contributed by atoms with E-state index in [1.54, 1.807) is 14.2 Å². The molecule has 0 radical (unpaired) electrons. The van der Waals surface area contributed by atoms with Gasteiger partial charge in [-0.3, -0.25) is 0 Å². The number of halogens is 1. The summed E-state index contributed by atoms with van der Waals surface area (Å²) >= 11 is 3.49. The number of ether oxygens (including phenoxy) is 2. The Kier molecular flexibility index (Phi) is 5.03. The van der Waals surface area contributed by atoms with Crippen LogP contribution in [0.2, 0.25) is 0 Å². The van der Waals surface area contributed by atoms with Gasteiger partial charge in [0.1, 0.15) is 11.5 Å². The lowest BCUT2D eigenvalue weighted by Gasteiger charge is -2.10. The zero-order valence-electron chi connectivity index (χ0n) is 11.4. The third-order valence-corrected chi connectivity index (χ3v) is 3.55. The van der Waals surface area contributed by atoms with Crippen LogP contribution in [-0.2, 0) is 6.42 Å². The van der Waals surface area contributed by atoms with E-state index in [0.29, 0.717) is 30.0 Å².